The highest BCUT2D eigenvalue weighted by Crippen LogP contribution is 2.41. The molecule has 0 aliphatic carbocycles. The predicted molar refractivity (Wildman–Crippen MR) is 563 cm³/mol. The van der Waals surface area contributed by atoms with Crippen LogP contribution in [0.15, 0.2) is 437 Å². The molecule has 24 heteroatoms. The Morgan fingerprint density at radius 3 is 0.525 bits per heavy atom. The lowest BCUT2D eigenvalue weighted by molar-refractivity contribution is 1.02. The molecule has 0 saturated heterocycles. The average molecular weight is 1810 g/mol. The quantitative estimate of drug-likeness (QED) is 0.156. The highest BCUT2D eigenvalue weighted by atomic mass is 15.3. The summed E-state index contributed by atoms with van der Waals surface area (Å²) in [5.41, 5.74) is 36.6. The Balaban J connectivity index is 0.0000000972. The maximum absolute atomic E-state index is 5.29. The van der Waals surface area contributed by atoms with Crippen LogP contribution in [-0.2, 0) is 0 Å². The Morgan fingerprint density at radius 1 is 0.0993 bits per heavy atom. The van der Waals surface area contributed by atoms with E-state index in [9.17, 15) is 0 Å². The van der Waals surface area contributed by atoms with Gasteiger partial charge in [-0.15, -0.1) is 0 Å². The van der Waals surface area contributed by atoms with Crippen molar-refractivity contribution in [1.82, 2.24) is 112 Å². The van der Waals surface area contributed by atoms with Crippen molar-refractivity contribution in [3.8, 4) is 34.1 Å². The summed E-state index contributed by atoms with van der Waals surface area (Å²) in [5, 5.41) is 0. The summed E-state index contributed by atoms with van der Waals surface area (Å²) >= 11 is 0. The summed E-state index contributed by atoms with van der Waals surface area (Å²) < 4.78 is 33.6. The summed E-state index contributed by atoms with van der Waals surface area (Å²) in [5.74, 6) is 7.30. The van der Waals surface area contributed by atoms with Crippen LogP contribution < -0.4 is 0 Å². The second-order valence-corrected chi connectivity index (χ2v) is 35.6. The summed E-state index contributed by atoms with van der Waals surface area (Å²) in [4.78, 5) is 46.9. The van der Waals surface area contributed by atoms with E-state index in [1.165, 1.54) is 0 Å². The number of imidazole rings is 12. The van der Waals surface area contributed by atoms with Crippen molar-refractivity contribution in [2.75, 3.05) is 0 Å². The van der Waals surface area contributed by atoms with Crippen LogP contribution in [0, 0.1) is 0 Å². The van der Waals surface area contributed by atoms with E-state index in [4.69, 9.17) is 44.9 Å². The van der Waals surface area contributed by atoms with Crippen LogP contribution in [0.3, 0.4) is 0 Å². The van der Waals surface area contributed by atoms with Crippen LogP contribution in [0.2, 0.25) is 0 Å². The highest BCUT2D eigenvalue weighted by molar-refractivity contribution is 6.01. The summed E-state index contributed by atoms with van der Waals surface area (Å²) in [6, 6.07) is 152. The van der Waals surface area contributed by atoms with Gasteiger partial charge >= 0.3 is 0 Å². The maximum Gasteiger partial charge on any atom is 0.223 e. The Morgan fingerprint density at radius 2 is 0.255 bits per heavy atom. The number of hydrogen-bond donors (Lipinski definition) is 0. The first kappa shape index (κ1) is 76.4. The van der Waals surface area contributed by atoms with Crippen LogP contribution in [0.5, 0.6) is 0 Å². The summed E-state index contributed by atoms with van der Waals surface area (Å²) in [6.45, 7) is 0. The molecule has 0 unspecified atom stereocenters. The van der Waals surface area contributed by atoms with Gasteiger partial charge in [0.15, 0.2) is 0 Å². The van der Waals surface area contributed by atoms with Gasteiger partial charge in [-0.3, -0.25) is 53.3 Å². The van der Waals surface area contributed by atoms with Crippen LogP contribution in [-0.4, -0.2) is 112 Å². The van der Waals surface area contributed by atoms with E-state index in [0.717, 1.165) is 252 Å². The lowest BCUT2D eigenvalue weighted by Crippen LogP contribution is -2.04. The van der Waals surface area contributed by atoms with E-state index in [1.54, 1.807) is 0 Å². The molecule has 33 rings (SSSR count). The van der Waals surface area contributed by atoms with E-state index in [-0.39, 0.29) is 0 Å². The first-order valence-electron chi connectivity index (χ1n) is 47.0. The minimum atomic E-state index is 0.777. The second kappa shape index (κ2) is 29.3. The van der Waals surface area contributed by atoms with Gasteiger partial charge in [0, 0.05) is 11.4 Å². The summed E-state index contributed by atoms with van der Waals surface area (Å²) in [7, 11) is 0. The van der Waals surface area contributed by atoms with Gasteiger partial charge in [0.05, 0.1) is 188 Å². The lowest BCUT2D eigenvalue weighted by atomic mass is 10.2. The average Bonchev–Trinajstić information content (AvgIpc) is 1.55. The highest BCUT2D eigenvalue weighted by Gasteiger charge is 2.28. The first-order chi connectivity index (χ1) is 70.0. The number of rotatable bonds is 6. The molecule has 15 heterocycles. The Bertz CT molecular complexity index is 10900. The van der Waals surface area contributed by atoms with Crippen LogP contribution in [0.4, 0.5) is 0 Å². The SMILES string of the molecule is c1cc(-n2c3ccccc3n3c4ccccc4nc23)cc(-n2c3nc4ccccc4n3c3ccccc3n3c4ccccc4nc23)c1.c1ccc(-n2c3ccc(-n4c5nc6ccccc6n5c5ccccc5n5c6ccccc6nc45)cc3n3c4ccccc4nc23)cc1.c1ccc2c(c1)nc1n(-c3ccc(-n4c5nc6ccccc6n5c5ccccc5n5c6ccccc6nc45)cc3)c3ccccc3n21. The molecule has 15 aromatic heterocycles. The molecular formula is C117H72N24. The fraction of sp³-hybridized carbons (Fsp3) is 0. The molecule has 0 fully saturated rings. The summed E-state index contributed by atoms with van der Waals surface area (Å²) in [6.07, 6.45) is 0. The fourth-order valence-electron chi connectivity index (χ4n) is 22.0. The molecule has 141 heavy (non-hydrogen) atoms. The molecule has 0 amide bonds. The molecule has 0 N–H and O–H groups in total. The zero-order valence-corrected chi connectivity index (χ0v) is 74.8. The molecular weight excluding hydrogens is 1740 g/mol. The number of benzene rings is 18. The number of para-hydroxylation sites is 29. The normalized spacial score (nSPS) is 12.3. The third kappa shape index (κ3) is 10.9. The fourth-order valence-corrected chi connectivity index (χ4v) is 22.0. The van der Waals surface area contributed by atoms with Crippen molar-refractivity contribution in [2.45, 2.75) is 0 Å². The zero-order valence-electron chi connectivity index (χ0n) is 74.8. The van der Waals surface area contributed by atoms with Crippen LogP contribution in [0.1, 0.15) is 0 Å². The molecule has 0 saturated carbocycles. The molecule has 0 radical (unpaired) electrons. The van der Waals surface area contributed by atoms with Gasteiger partial charge in [0.25, 0.3) is 0 Å². The first-order valence-corrected chi connectivity index (χ1v) is 47.0. The molecule has 0 bridgehead atoms. The number of fused-ring (bicyclic) bond motifs is 42. The van der Waals surface area contributed by atoms with Crippen LogP contribution in [0.25, 0.3) is 252 Å². The smallest absolute Gasteiger partial charge is 0.223 e. The van der Waals surface area contributed by atoms with Crippen molar-refractivity contribution in [3.05, 3.63) is 437 Å². The standard InChI is InChI=1S/3C39H24N8/c1-4-17-30-27(14-1)40-37-43(33-20-7-8-21-34(33)45(30)37)25-12-11-13-26(24-25)44-38-41-28-15-2-5-18-31(28)46(38)35-22-9-10-23-36(35)47-32-19-6-3-16-29(32)42-39(44)47;1-4-14-30-27(11-1)40-37-43(33-17-7-8-18-34(33)45(30)37)25-21-23-26(24-22-25)44-38-41-28-12-2-5-15-31(28)46(38)35-19-9-10-20-36(35)47-32-16-6-3-13-29(32)42-39(44)47;1-2-12-25(13-3-1)43-35-23-22-26(24-36(35)47-32-19-9-6-16-29(32)40-37(43)47)44-38-41-27-14-4-7-17-30(27)45(38)33-20-10-11-21-34(33)46-31-18-8-5-15-28(31)42-39(44)46/h3*1-24H. The minimum absolute atomic E-state index is 0.777. The number of hydrogen-bond acceptors (Lipinski definition) is 9. The van der Waals surface area contributed by atoms with Crippen molar-refractivity contribution in [2.24, 2.45) is 0 Å². The molecule has 0 spiro atoms. The molecule has 0 aliphatic rings. The van der Waals surface area contributed by atoms with Crippen molar-refractivity contribution >= 4 is 217 Å². The topological polar surface area (TPSA) is 185 Å². The predicted octanol–water partition coefficient (Wildman–Crippen LogP) is 25.6. The monoisotopic (exact) mass is 1810 g/mol. The van der Waals surface area contributed by atoms with Gasteiger partial charge in [-0.25, -0.2) is 58.6 Å². The van der Waals surface area contributed by atoms with E-state index >= 15 is 0 Å². The third-order valence-corrected chi connectivity index (χ3v) is 27.9. The minimum Gasteiger partial charge on any atom is -0.278 e. The van der Waals surface area contributed by atoms with Gasteiger partial charge < -0.3 is 0 Å². The van der Waals surface area contributed by atoms with E-state index in [1.807, 2.05) is 60.7 Å². The zero-order chi connectivity index (χ0) is 91.9. The van der Waals surface area contributed by atoms with Gasteiger partial charge in [-0.2, -0.15) is 0 Å². The third-order valence-electron chi connectivity index (χ3n) is 27.9. The van der Waals surface area contributed by atoms with Crippen molar-refractivity contribution < 1.29 is 0 Å². The van der Waals surface area contributed by atoms with Gasteiger partial charge in [-0.1, -0.05) is 194 Å². The van der Waals surface area contributed by atoms with E-state index < -0.39 is 0 Å². The van der Waals surface area contributed by atoms with Gasteiger partial charge in [0.2, 0.25) is 52.0 Å². The van der Waals surface area contributed by atoms with Crippen molar-refractivity contribution in [1.29, 1.82) is 0 Å². The lowest BCUT2D eigenvalue weighted by Gasteiger charge is -2.11. The molecule has 660 valence electrons. The molecule has 0 aliphatic heterocycles. The van der Waals surface area contributed by atoms with Crippen molar-refractivity contribution in [3.63, 3.8) is 0 Å². The second-order valence-electron chi connectivity index (χ2n) is 35.6. The molecule has 0 atom stereocenters. The number of nitrogens with zero attached hydrogens (tertiary/aromatic N) is 24. The Labute approximate surface area is 795 Å². The molecule has 33 aromatic rings. The molecule has 18 aromatic carbocycles. The van der Waals surface area contributed by atoms with E-state index in [2.05, 4.69) is 443 Å². The Kier molecular flexibility index (Phi) is 15.9. The largest absolute Gasteiger partial charge is 0.278 e. The van der Waals surface area contributed by atoms with Gasteiger partial charge in [0.1, 0.15) is 0 Å². The molecule has 24 nitrogen and oxygen atoms in total. The van der Waals surface area contributed by atoms with Gasteiger partial charge in [-0.05, 0) is 243 Å². The number of aromatic nitrogens is 24. The van der Waals surface area contributed by atoms with Crippen LogP contribution >= 0.6 is 0 Å². The van der Waals surface area contributed by atoms with E-state index in [0.29, 0.717) is 0 Å². The maximum atomic E-state index is 5.29. The Hall–Kier alpha value is -20.0.